The third kappa shape index (κ3) is 4.30. The Balaban J connectivity index is 1.71. The zero-order valence-corrected chi connectivity index (χ0v) is 15.3. The van der Waals surface area contributed by atoms with Crippen molar-refractivity contribution in [1.29, 1.82) is 0 Å². The Morgan fingerprint density at radius 3 is 2.15 bits per heavy atom. The molecule has 3 N–H and O–H groups in total. The Hall–Kier alpha value is -3.25. The molecule has 140 valence electrons. The second-order valence-electron chi connectivity index (χ2n) is 6.38. The number of hydrogen-bond acceptors (Lipinski definition) is 6. The highest BCUT2D eigenvalue weighted by Gasteiger charge is 2.10. The largest absolute Gasteiger partial charge is 0.502 e. The summed E-state index contributed by atoms with van der Waals surface area (Å²) in [6.45, 7) is -0.268. The monoisotopic (exact) mass is 366 g/mol. The number of rotatable bonds is 6. The molecule has 3 rings (SSSR count). The summed E-state index contributed by atoms with van der Waals surface area (Å²) in [6, 6.07) is 17.2. The number of anilines is 2. The van der Waals surface area contributed by atoms with Gasteiger partial charge in [0.1, 0.15) is 12.4 Å². The van der Waals surface area contributed by atoms with Crippen LogP contribution in [0.5, 0.6) is 5.75 Å². The van der Waals surface area contributed by atoms with E-state index in [1.165, 1.54) is 0 Å². The van der Waals surface area contributed by atoms with Crippen LogP contribution in [0.25, 0.3) is 11.1 Å². The number of aromatic hydroxyl groups is 1. The van der Waals surface area contributed by atoms with E-state index in [4.69, 9.17) is 9.52 Å². The predicted molar refractivity (Wildman–Crippen MR) is 106 cm³/mol. The molecular weight excluding hydrogens is 344 g/mol. The second-order valence-corrected chi connectivity index (χ2v) is 6.38. The molecule has 0 amide bonds. The van der Waals surface area contributed by atoms with Crippen LogP contribution < -0.4 is 15.6 Å². The molecule has 0 atom stereocenters. The first-order chi connectivity index (χ1) is 13.0. The van der Waals surface area contributed by atoms with Gasteiger partial charge in [0, 0.05) is 31.5 Å². The van der Waals surface area contributed by atoms with Gasteiger partial charge in [-0.25, -0.2) is 0 Å². The Morgan fingerprint density at radius 2 is 1.59 bits per heavy atom. The fourth-order valence-electron chi connectivity index (χ4n) is 2.70. The summed E-state index contributed by atoms with van der Waals surface area (Å²) in [5.41, 5.74) is 3.59. The summed E-state index contributed by atoms with van der Waals surface area (Å²) >= 11 is 0. The van der Waals surface area contributed by atoms with Crippen LogP contribution in [0.4, 0.5) is 11.4 Å². The lowest BCUT2D eigenvalue weighted by Crippen LogP contribution is -2.08. The van der Waals surface area contributed by atoms with Gasteiger partial charge in [-0.2, -0.15) is 0 Å². The highest BCUT2D eigenvalue weighted by Crippen LogP contribution is 2.24. The molecule has 0 aliphatic rings. The first kappa shape index (κ1) is 18.5. The number of benzene rings is 2. The molecule has 3 aromatic rings. The summed E-state index contributed by atoms with van der Waals surface area (Å²) in [4.78, 5) is 13.7. The number of aliphatic hydroxyl groups is 1. The lowest BCUT2D eigenvalue weighted by atomic mass is 10.0. The van der Waals surface area contributed by atoms with Crippen molar-refractivity contribution < 1.29 is 14.6 Å². The molecule has 27 heavy (non-hydrogen) atoms. The third-order valence-corrected chi connectivity index (χ3v) is 4.25. The minimum atomic E-state index is -0.571. The molecule has 0 bridgehead atoms. The molecule has 1 aromatic heterocycles. The summed E-state index contributed by atoms with van der Waals surface area (Å²) in [6.07, 6.45) is 0. The maximum atomic E-state index is 11.6. The van der Waals surface area contributed by atoms with Crippen molar-refractivity contribution in [1.82, 2.24) is 0 Å². The van der Waals surface area contributed by atoms with Crippen molar-refractivity contribution in [2.24, 2.45) is 0 Å². The molecule has 6 nitrogen and oxygen atoms in total. The minimum Gasteiger partial charge on any atom is -0.502 e. The van der Waals surface area contributed by atoms with Crippen molar-refractivity contribution in [3.8, 4) is 16.9 Å². The second kappa shape index (κ2) is 7.97. The van der Waals surface area contributed by atoms with Crippen LogP contribution in [0.2, 0.25) is 0 Å². The van der Waals surface area contributed by atoms with Gasteiger partial charge in [-0.1, -0.05) is 24.3 Å². The molecule has 0 fully saturated rings. The van der Waals surface area contributed by atoms with E-state index in [0.29, 0.717) is 0 Å². The fraction of sp³-hybridized carbons (Fsp3) is 0.190. The van der Waals surface area contributed by atoms with Gasteiger partial charge in [-0.3, -0.25) is 4.79 Å². The van der Waals surface area contributed by atoms with E-state index >= 15 is 0 Å². The standard InChI is InChI=1S/C21H22N2O4/c1-23(2)17-9-5-15(6-10-17)14-3-7-16(8-4-14)22-12-20-21(26)19(25)11-18(13-24)27-20/h3-11,22,24,26H,12-13H2,1-2H3. The molecule has 6 heteroatoms. The summed E-state index contributed by atoms with van der Waals surface area (Å²) in [5.74, 6) is -0.238. The zero-order valence-electron chi connectivity index (χ0n) is 15.3. The average molecular weight is 366 g/mol. The molecule has 2 aromatic carbocycles. The van der Waals surface area contributed by atoms with Crippen molar-refractivity contribution in [3.63, 3.8) is 0 Å². The van der Waals surface area contributed by atoms with Crippen LogP contribution in [-0.4, -0.2) is 24.3 Å². The molecule has 1 heterocycles. The van der Waals surface area contributed by atoms with Crippen molar-refractivity contribution in [3.05, 3.63) is 76.3 Å². The molecule has 0 aliphatic carbocycles. The first-order valence-electron chi connectivity index (χ1n) is 8.55. The number of nitrogens with zero attached hydrogens (tertiary/aromatic N) is 1. The summed E-state index contributed by atoms with van der Waals surface area (Å²) in [5, 5.41) is 22.0. The normalized spacial score (nSPS) is 10.6. The Kier molecular flexibility index (Phi) is 5.47. The first-order valence-corrected chi connectivity index (χ1v) is 8.55. The van der Waals surface area contributed by atoms with E-state index in [9.17, 15) is 9.90 Å². The number of aliphatic hydroxyl groups excluding tert-OH is 1. The van der Waals surface area contributed by atoms with E-state index in [0.717, 1.165) is 28.6 Å². The van der Waals surface area contributed by atoms with Gasteiger partial charge in [0.15, 0.2) is 5.76 Å². The Labute approximate surface area is 157 Å². The summed E-state index contributed by atoms with van der Waals surface area (Å²) in [7, 11) is 4.01. The lowest BCUT2D eigenvalue weighted by Gasteiger charge is -2.13. The molecule has 0 spiro atoms. The molecule has 0 saturated heterocycles. The highest BCUT2D eigenvalue weighted by atomic mass is 16.4. The van der Waals surface area contributed by atoms with Crippen molar-refractivity contribution >= 4 is 11.4 Å². The maximum Gasteiger partial charge on any atom is 0.227 e. The zero-order chi connectivity index (χ0) is 19.4. The smallest absolute Gasteiger partial charge is 0.227 e. The van der Waals surface area contributed by atoms with E-state index in [-0.39, 0.29) is 18.1 Å². The molecule has 0 saturated carbocycles. The fourth-order valence-corrected chi connectivity index (χ4v) is 2.70. The average Bonchev–Trinajstić information content (AvgIpc) is 2.69. The van der Waals surface area contributed by atoms with Crippen LogP contribution in [0.1, 0.15) is 11.5 Å². The van der Waals surface area contributed by atoms with E-state index < -0.39 is 17.8 Å². The number of hydrogen-bond donors (Lipinski definition) is 3. The van der Waals surface area contributed by atoms with Gasteiger partial charge < -0.3 is 24.8 Å². The molecule has 0 radical (unpaired) electrons. The van der Waals surface area contributed by atoms with Gasteiger partial charge in [-0.15, -0.1) is 0 Å². The third-order valence-electron chi connectivity index (χ3n) is 4.25. The lowest BCUT2D eigenvalue weighted by molar-refractivity contribution is 0.236. The quantitative estimate of drug-likeness (QED) is 0.621. The van der Waals surface area contributed by atoms with Crippen LogP contribution in [0, 0.1) is 0 Å². The number of nitrogens with one attached hydrogen (secondary N) is 1. The maximum absolute atomic E-state index is 11.6. The highest BCUT2D eigenvalue weighted by molar-refractivity contribution is 5.68. The minimum absolute atomic E-state index is 0.0925. The van der Waals surface area contributed by atoms with Crippen LogP contribution in [-0.2, 0) is 13.2 Å². The van der Waals surface area contributed by atoms with Crippen LogP contribution in [0.3, 0.4) is 0 Å². The van der Waals surface area contributed by atoms with E-state index in [1.54, 1.807) is 0 Å². The Bertz CT molecular complexity index is 961. The van der Waals surface area contributed by atoms with Gasteiger partial charge >= 0.3 is 0 Å². The summed E-state index contributed by atoms with van der Waals surface area (Å²) < 4.78 is 5.32. The van der Waals surface area contributed by atoms with Crippen LogP contribution >= 0.6 is 0 Å². The molecule has 0 unspecified atom stereocenters. The van der Waals surface area contributed by atoms with Gasteiger partial charge in [0.05, 0.1) is 6.54 Å². The molecular formula is C21H22N2O4. The predicted octanol–water partition coefficient (Wildman–Crippen LogP) is 3.18. The molecule has 0 aliphatic heterocycles. The van der Waals surface area contributed by atoms with Crippen molar-refractivity contribution in [2.75, 3.05) is 24.3 Å². The van der Waals surface area contributed by atoms with Crippen LogP contribution in [0.15, 0.2) is 63.8 Å². The van der Waals surface area contributed by atoms with E-state index in [2.05, 4.69) is 34.5 Å². The van der Waals surface area contributed by atoms with Gasteiger partial charge in [0.2, 0.25) is 11.2 Å². The van der Waals surface area contributed by atoms with Gasteiger partial charge in [0.25, 0.3) is 0 Å². The van der Waals surface area contributed by atoms with E-state index in [1.807, 2.05) is 38.4 Å². The van der Waals surface area contributed by atoms with Crippen molar-refractivity contribution in [2.45, 2.75) is 13.2 Å². The van der Waals surface area contributed by atoms with Gasteiger partial charge in [-0.05, 0) is 35.4 Å². The topological polar surface area (TPSA) is 85.9 Å². The SMILES string of the molecule is CN(C)c1ccc(-c2ccc(NCc3oc(CO)cc(=O)c3O)cc2)cc1. The Morgan fingerprint density at radius 1 is 1.00 bits per heavy atom.